The molecule has 3 rings (SSSR count). The zero-order chi connectivity index (χ0) is 22.3. The summed E-state index contributed by atoms with van der Waals surface area (Å²) in [7, 11) is -2.03. The Hall–Kier alpha value is -1.18. The zero-order valence-corrected chi connectivity index (χ0v) is 20.2. The first-order chi connectivity index (χ1) is 14.9. The molecule has 1 aromatic heterocycles. The standard InChI is InChI=1S/C19H30N4O5S3/c1-28-11-2-4-20-17(24)15-21-5-7-22(8-6-21)19(25)18-16(3-12-30-18)31(26,27)23-9-13-29-14-10-23/h3,12H,2,4-11,13-15H2,1H3,(H,20,24). The molecule has 0 aromatic carbocycles. The summed E-state index contributed by atoms with van der Waals surface area (Å²) in [6.45, 7) is 4.52. The monoisotopic (exact) mass is 490 g/mol. The number of carbonyl (C=O) groups excluding carboxylic acids is 2. The third-order valence-electron chi connectivity index (χ3n) is 5.29. The van der Waals surface area contributed by atoms with Crippen LogP contribution in [0, 0.1) is 0 Å². The summed E-state index contributed by atoms with van der Waals surface area (Å²) in [5.74, 6) is 1.26. The molecule has 0 radical (unpaired) electrons. The predicted molar refractivity (Wildman–Crippen MR) is 122 cm³/mol. The summed E-state index contributed by atoms with van der Waals surface area (Å²) in [6, 6.07) is 1.54. The van der Waals surface area contributed by atoms with Crippen molar-refractivity contribution in [2.24, 2.45) is 0 Å². The number of rotatable bonds is 9. The van der Waals surface area contributed by atoms with Crippen molar-refractivity contribution < 1.29 is 22.7 Å². The highest BCUT2D eigenvalue weighted by molar-refractivity contribution is 7.99. The van der Waals surface area contributed by atoms with E-state index in [1.54, 1.807) is 35.2 Å². The lowest BCUT2D eigenvalue weighted by Gasteiger charge is -2.34. The van der Waals surface area contributed by atoms with Gasteiger partial charge in [-0.15, -0.1) is 11.3 Å². The van der Waals surface area contributed by atoms with Gasteiger partial charge >= 0.3 is 0 Å². The number of thioether (sulfide) groups is 1. The number of amides is 2. The largest absolute Gasteiger partial charge is 0.385 e. The lowest BCUT2D eigenvalue weighted by atomic mass is 10.3. The first-order valence-electron chi connectivity index (χ1n) is 10.4. The van der Waals surface area contributed by atoms with Crippen LogP contribution in [-0.4, -0.2) is 112 Å². The lowest BCUT2D eigenvalue weighted by molar-refractivity contribution is -0.122. The zero-order valence-electron chi connectivity index (χ0n) is 17.7. The van der Waals surface area contributed by atoms with E-state index in [0.29, 0.717) is 59.0 Å². The average molecular weight is 491 g/mol. The van der Waals surface area contributed by atoms with Gasteiger partial charge in [-0.2, -0.15) is 16.1 Å². The quantitative estimate of drug-likeness (QED) is 0.500. The Labute approximate surface area is 192 Å². The Morgan fingerprint density at radius 1 is 1.13 bits per heavy atom. The van der Waals surface area contributed by atoms with E-state index in [0.717, 1.165) is 17.9 Å². The molecule has 2 amide bonds. The number of carbonyl (C=O) groups is 2. The number of sulfonamides is 1. The molecule has 0 saturated carbocycles. The molecule has 9 nitrogen and oxygen atoms in total. The Bertz CT molecular complexity index is 846. The third-order valence-corrected chi connectivity index (χ3v) is 9.20. The van der Waals surface area contributed by atoms with Gasteiger partial charge in [0.05, 0.1) is 6.54 Å². The van der Waals surface area contributed by atoms with Crippen LogP contribution in [0.5, 0.6) is 0 Å². The van der Waals surface area contributed by atoms with Crippen molar-refractivity contribution in [1.29, 1.82) is 0 Å². The highest BCUT2D eigenvalue weighted by Crippen LogP contribution is 2.28. The maximum absolute atomic E-state index is 13.1. The molecule has 0 atom stereocenters. The molecule has 0 unspecified atom stereocenters. The first-order valence-corrected chi connectivity index (χ1v) is 13.8. The molecule has 0 aliphatic carbocycles. The number of nitrogens with zero attached hydrogens (tertiary/aromatic N) is 3. The smallest absolute Gasteiger partial charge is 0.265 e. The Morgan fingerprint density at radius 3 is 2.52 bits per heavy atom. The molecule has 0 bridgehead atoms. The number of hydrogen-bond donors (Lipinski definition) is 1. The van der Waals surface area contributed by atoms with Gasteiger partial charge in [-0.3, -0.25) is 14.5 Å². The second-order valence-corrected chi connectivity index (χ2v) is 11.4. The van der Waals surface area contributed by atoms with Crippen LogP contribution >= 0.6 is 23.1 Å². The maximum Gasteiger partial charge on any atom is 0.265 e. The maximum atomic E-state index is 13.1. The number of piperazine rings is 1. The van der Waals surface area contributed by atoms with E-state index >= 15 is 0 Å². The predicted octanol–water partition coefficient (Wildman–Crippen LogP) is 0.396. The van der Waals surface area contributed by atoms with Crippen molar-refractivity contribution in [2.75, 3.05) is 77.6 Å². The highest BCUT2D eigenvalue weighted by atomic mass is 32.2. The van der Waals surface area contributed by atoms with Crippen molar-refractivity contribution in [3.05, 3.63) is 16.3 Å². The van der Waals surface area contributed by atoms with Crippen LogP contribution in [0.1, 0.15) is 16.1 Å². The minimum absolute atomic E-state index is 0.0396. The van der Waals surface area contributed by atoms with Crippen molar-refractivity contribution in [1.82, 2.24) is 19.4 Å². The van der Waals surface area contributed by atoms with Gasteiger partial charge < -0.3 is 15.0 Å². The van der Waals surface area contributed by atoms with E-state index < -0.39 is 10.0 Å². The van der Waals surface area contributed by atoms with Crippen molar-refractivity contribution in [3.8, 4) is 0 Å². The highest BCUT2D eigenvalue weighted by Gasteiger charge is 2.33. The SMILES string of the molecule is COCCCNC(=O)CN1CCN(C(=O)c2sccc2S(=O)(=O)N2CCSCC2)CC1. The fourth-order valence-corrected chi connectivity index (χ4v) is 7.48. The van der Waals surface area contributed by atoms with Gasteiger partial charge in [-0.1, -0.05) is 0 Å². The van der Waals surface area contributed by atoms with Gasteiger partial charge in [0.1, 0.15) is 9.77 Å². The van der Waals surface area contributed by atoms with Crippen molar-refractivity contribution in [2.45, 2.75) is 11.3 Å². The Morgan fingerprint density at radius 2 is 1.84 bits per heavy atom. The van der Waals surface area contributed by atoms with Crippen LogP contribution < -0.4 is 5.32 Å². The van der Waals surface area contributed by atoms with Crippen molar-refractivity contribution in [3.63, 3.8) is 0 Å². The summed E-state index contributed by atoms with van der Waals surface area (Å²) >= 11 is 2.91. The summed E-state index contributed by atoms with van der Waals surface area (Å²) < 4.78 is 32.5. The minimum atomic E-state index is -3.66. The topological polar surface area (TPSA) is 99.3 Å². The number of hydrogen-bond acceptors (Lipinski definition) is 8. The fraction of sp³-hybridized carbons (Fsp3) is 0.684. The van der Waals surface area contributed by atoms with Crippen LogP contribution in [0.25, 0.3) is 0 Å². The molecule has 2 aliphatic heterocycles. The molecule has 1 aromatic rings. The molecule has 174 valence electrons. The normalized spacial score (nSPS) is 18.8. The number of nitrogens with one attached hydrogen (secondary N) is 1. The van der Waals surface area contributed by atoms with Gasteiger partial charge in [0, 0.05) is 71.0 Å². The van der Waals surface area contributed by atoms with E-state index in [4.69, 9.17) is 4.74 Å². The second kappa shape index (κ2) is 11.6. The van der Waals surface area contributed by atoms with Crippen LogP contribution in [0.3, 0.4) is 0 Å². The third kappa shape index (κ3) is 6.42. The molecule has 3 heterocycles. The van der Waals surface area contributed by atoms with E-state index in [2.05, 4.69) is 5.32 Å². The first kappa shape index (κ1) is 24.5. The average Bonchev–Trinajstić information content (AvgIpc) is 3.28. The van der Waals surface area contributed by atoms with E-state index in [-0.39, 0.29) is 21.6 Å². The van der Waals surface area contributed by atoms with E-state index in [1.807, 2.05) is 4.90 Å². The molecule has 2 fully saturated rings. The van der Waals surface area contributed by atoms with Gasteiger partial charge in [-0.05, 0) is 17.9 Å². The summed E-state index contributed by atoms with van der Waals surface area (Å²) in [4.78, 5) is 29.2. The molecule has 1 N–H and O–H groups in total. The van der Waals surface area contributed by atoms with Crippen LogP contribution in [0.2, 0.25) is 0 Å². The lowest BCUT2D eigenvalue weighted by Crippen LogP contribution is -2.51. The Balaban J connectivity index is 1.54. The molecular weight excluding hydrogens is 460 g/mol. The molecule has 31 heavy (non-hydrogen) atoms. The summed E-state index contributed by atoms with van der Waals surface area (Å²) in [6.07, 6.45) is 0.771. The summed E-state index contributed by atoms with van der Waals surface area (Å²) in [5, 5.41) is 4.53. The summed E-state index contributed by atoms with van der Waals surface area (Å²) in [5.41, 5.74) is 0. The number of ether oxygens (including phenoxy) is 1. The van der Waals surface area contributed by atoms with Crippen LogP contribution in [-0.2, 0) is 19.6 Å². The van der Waals surface area contributed by atoms with Crippen LogP contribution in [0.4, 0.5) is 0 Å². The number of thiophene rings is 1. The molecule has 0 spiro atoms. The van der Waals surface area contributed by atoms with Gasteiger partial charge in [0.15, 0.2) is 0 Å². The molecular formula is C19H30N4O5S3. The minimum Gasteiger partial charge on any atom is -0.385 e. The fourth-order valence-electron chi connectivity index (χ4n) is 3.54. The van der Waals surface area contributed by atoms with Gasteiger partial charge in [0.2, 0.25) is 15.9 Å². The van der Waals surface area contributed by atoms with Gasteiger partial charge in [-0.25, -0.2) is 8.42 Å². The van der Waals surface area contributed by atoms with E-state index in [1.165, 1.54) is 15.6 Å². The van der Waals surface area contributed by atoms with Crippen LogP contribution in [0.15, 0.2) is 16.3 Å². The second-order valence-electron chi connectivity index (χ2n) is 7.40. The molecule has 2 aliphatic rings. The van der Waals surface area contributed by atoms with Gasteiger partial charge in [0.25, 0.3) is 5.91 Å². The molecule has 2 saturated heterocycles. The Kier molecular flexibility index (Phi) is 9.17. The van der Waals surface area contributed by atoms with E-state index in [9.17, 15) is 18.0 Å². The van der Waals surface area contributed by atoms with Crippen molar-refractivity contribution >= 4 is 44.9 Å². The molecule has 12 heteroatoms. The number of methoxy groups -OCH3 is 1.